The molecule has 0 aromatic heterocycles. The maximum Gasteiger partial charge on any atom is 0.303 e. The summed E-state index contributed by atoms with van der Waals surface area (Å²) >= 11 is 18.9. The molecule has 2 atom stereocenters. The van der Waals surface area contributed by atoms with Crippen molar-refractivity contribution in [1.82, 2.24) is 0 Å². The van der Waals surface area contributed by atoms with Crippen LogP contribution in [0, 0.1) is 5.92 Å². The van der Waals surface area contributed by atoms with Crippen molar-refractivity contribution in [1.29, 1.82) is 0 Å². The smallest absolute Gasteiger partial charge is 0.303 e. The average molecular weight is 546 g/mol. The summed E-state index contributed by atoms with van der Waals surface area (Å²) in [6.45, 7) is 13.0. The van der Waals surface area contributed by atoms with Crippen LogP contribution in [0.5, 0.6) is 11.5 Å². The van der Waals surface area contributed by atoms with Gasteiger partial charge in [-0.2, -0.15) is 0 Å². The van der Waals surface area contributed by atoms with Gasteiger partial charge in [-0.05, 0) is 49.2 Å². The Bertz CT molecular complexity index is 937. The molecule has 2 aromatic rings. The van der Waals surface area contributed by atoms with Gasteiger partial charge in [-0.25, -0.2) is 0 Å². The molecule has 8 heteroatoms. The van der Waals surface area contributed by atoms with E-state index in [1.807, 2.05) is 50.2 Å². The molecule has 2 unspecified atom stereocenters. The van der Waals surface area contributed by atoms with Crippen molar-refractivity contribution in [3.63, 3.8) is 0 Å². The van der Waals surface area contributed by atoms with E-state index < -0.39 is 12.1 Å². The molecule has 0 N–H and O–H groups in total. The van der Waals surface area contributed by atoms with Crippen molar-refractivity contribution < 1.29 is 23.7 Å². The van der Waals surface area contributed by atoms with Crippen molar-refractivity contribution in [2.24, 2.45) is 5.92 Å². The molecular weight excluding hydrogens is 511 g/mol. The molecule has 35 heavy (non-hydrogen) atoms. The number of benzene rings is 2. The minimum absolute atomic E-state index is 0.0505. The van der Waals surface area contributed by atoms with E-state index in [1.165, 1.54) is 6.92 Å². The molecule has 5 nitrogen and oxygen atoms in total. The molecule has 0 saturated heterocycles. The van der Waals surface area contributed by atoms with Gasteiger partial charge in [0.15, 0.2) is 5.75 Å². The number of carbonyl (C=O) groups excluding carboxylic acids is 1. The van der Waals surface area contributed by atoms with Crippen LogP contribution in [-0.4, -0.2) is 43.9 Å². The van der Waals surface area contributed by atoms with E-state index in [0.29, 0.717) is 34.9 Å². The number of rotatable bonds is 13. The Morgan fingerprint density at radius 3 is 2.03 bits per heavy atom. The lowest BCUT2D eigenvalue weighted by atomic mass is 9.78. The lowest BCUT2D eigenvalue weighted by Crippen LogP contribution is -2.26. The highest BCUT2D eigenvalue weighted by Gasteiger charge is 2.26. The van der Waals surface area contributed by atoms with E-state index in [4.69, 9.17) is 53.8 Å². The zero-order chi connectivity index (χ0) is 26.2. The number of carbonyl (C=O) groups is 1. The van der Waals surface area contributed by atoms with Crippen LogP contribution in [0.15, 0.2) is 36.4 Å². The molecule has 0 amide bonds. The fourth-order valence-electron chi connectivity index (χ4n) is 3.36. The molecule has 0 aliphatic heterocycles. The first kappa shape index (κ1) is 29.6. The van der Waals surface area contributed by atoms with Crippen molar-refractivity contribution in [3.8, 4) is 11.5 Å². The normalized spacial score (nSPS) is 13.4. The molecule has 0 saturated carbocycles. The van der Waals surface area contributed by atoms with Crippen LogP contribution >= 0.6 is 34.8 Å². The second kappa shape index (κ2) is 13.6. The molecule has 0 bridgehead atoms. The molecule has 2 rings (SSSR count). The minimum Gasteiger partial charge on any atom is -0.493 e. The van der Waals surface area contributed by atoms with E-state index in [-0.39, 0.29) is 24.0 Å². The predicted octanol–water partition coefficient (Wildman–Crippen LogP) is 7.31. The number of alkyl halides is 1. The van der Waals surface area contributed by atoms with Gasteiger partial charge in [-0.1, -0.05) is 56.1 Å². The summed E-state index contributed by atoms with van der Waals surface area (Å²) in [5.41, 5.74) is 1.64. The Morgan fingerprint density at radius 1 is 0.914 bits per heavy atom. The van der Waals surface area contributed by atoms with Crippen LogP contribution in [0.1, 0.15) is 52.7 Å². The van der Waals surface area contributed by atoms with Gasteiger partial charge in [0.05, 0.1) is 35.2 Å². The Kier molecular flexibility index (Phi) is 11.5. The minimum atomic E-state index is -0.594. The Morgan fingerprint density at radius 2 is 1.51 bits per heavy atom. The van der Waals surface area contributed by atoms with E-state index >= 15 is 0 Å². The van der Waals surface area contributed by atoms with Crippen molar-refractivity contribution >= 4 is 40.8 Å². The van der Waals surface area contributed by atoms with Crippen LogP contribution < -0.4 is 9.47 Å². The van der Waals surface area contributed by atoms with Crippen molar-refractivity contribution in [3.05, 3.63) is 57.6 Å². The van der Waals surface area contributed by atoms with E-state index in [9.17, 15) is 4.79 Å². The third-order valence-electron chi connectivity index (χ3n) is 5.46. The predicted molar refractivity (Wildman–Crippen MR) is 143 cm³/mol. The second-order valence-corrected chi connectivity index (χ2v) is 10.5. The highest BCUT2D eigenvalue weighted by Crippen LogP contribution is 2.40. The topological polar surface area (TPSA) is 54.0 Å². The molecule has 0 radical (unpaired) electrons. The summed E-state index contributed by atoms with van der Waals surface area (Å²) in [6, 6.07) is 11.7. The molecule has 2 aromatic carbocycles. The monoisotopic (exact) mass is 544 g/mol. The molecule has 0 spiro atoms. The molecule has 194 valence electrons. The maximum atomic E-state index is 11.2. The van der Waals surface area contributed by atoms with Crippen molar-refractivity contribution in [2.45, 2.75) is 59.2 Å². The molecular formula is C27H35Cl3O5. The zero-order valence-corrected chi connectivity index (χ0v) is 23.5. The first-order valence-corrected chi connectivity index (χ1v) is 12.9. The summed E-state index contributed by atoms with van der Waals surface area (Å²) in [7, 11) is 0. The van der Waals surface area contributed by atoms with Gasteiger partial charge in [0, 0.05) is 18.3 Å². The first-order chi connectivity index (χ1) is 16.4. The quantitative estimate of drug-likeness (QED) is 0.195. The highest BCUT2D eigenvalue weighted by atomic mass is 35.5. The van der Waals surface area contributed by atoms with Crippen LogP contribution in [0.25, 0.3) is 0 Å². The Labute approximate surface area is 223 Å². The van der Waals surface area contributed by atoms with Crippen LogP contribution in [0.4, 0.5) is 0 Å². The van der Waals surface area contributed by atoms with Gasteiger partial charge >= 0.3 is 5.97 Å². The summed E-state index contributed by atoms with van der Waals surface area (Å²) in [5, 5.41) is 0.739. The Balaban J connectivity index is 2.09. The largest absolute Gasteiger partial charge is 0.493 e. The molecule has 0 aliphatic rings. The Hall–Kier alpha value is -1.66. The van der Waals surface area contributed by atoms with E-state index in [2.05, 4.69) is 20.8 Å². The van der Waals surface area contributed by atoms with Crippen LogP contribution in [-0.2, 0) is 19.7 Å². The number of hydrogen-bond acceptors (Lipinski definition) is 5. The van der Waals surface area contributed by atoms with Gasteiger partial charge in [0.25, 0.3) is 0 Å². The van der Waals surface area contributed by atoms with E-state index in [1.54, 1.807) is 0 Å². The summed E-state index contributed by atoms with van der Waals surface area (Å²) in [4.78, 5) is 11.2. The fourth-order valence-corrected chi connectivity index (χ4v) is 4.11. The van der Waals surface area contributed by atoms with Gasteiger partial charge < -0.3 is 18.9 Å². The standard InChI is InChI=1S/C27H35Cl3O5/c1-17(2)32-14-18(3)15-33-22-9-7-20(8-10-22)27(5,6)21-11-24(29)26(25(30)12-21)34-16-23(13-28)35-19(4)31/h7-12,17-18,23H,13-16H2,1-6H3. The van der Waals surface area contributed by atoms with Gasteiger partial charge in [0.2, 0.25) is 0 Å². The number of hydrogen-bond donors (Lipinski definition) is 0. The van der Waals surface area contributed by atoms with Gasteiger partial charge in [-0.15, -0.1) is 11.6 Å². The third-order valence-corrected chi connectivity index (χ3v) is 6.37. The number of esters is 1. The summed E-state index contributed by atoms with van der Waals surface area (Å²) < 4.78 is 22.4. The average Bonchev–Trinajstić information content (AvgIpc) is 2.79. The van der Waals surface area contributed by atoms with Gasteiger partial charge in [0.1, 0.15) is 18.5 Å². The summed E-state index contributed by atoms with van der Waals surface area (Å²) in [6.07, 6.45) is -0.381. The molecule has 0 heterocycles. The third kappa shape index (κ3) is 9.05. The molecule has 0 aliphatic carbocycles. The number of ether oxygens (including phenoxy) is 4. The van der Waals surface area contributed by atoms with Crippen molar-refractivity contribution in [2.75, 3.05) is 25.7 Å². The fraction of sp³-hybridized carbons (Fsp3) is 0.519. The lowest BCUT2D eigenvalue weighted by Gasteiger charge is -2.27. The SMILES string of the molecule is CC(=O)OC(CCl)COc1c(Cl)cc(C(C)(C)c2ccc(OCC(C)COC(C)C)cc2)cc1Cl. The lowest BCUT2D eigenvalue weighted by molar-refractivity contribution is -0.146. The molecule has 0 fully saturated rings. The van der Waals surface area contributed by atoms with E-state index in [0.717, 1.165) is 16.9 Å². The highest BCUT2D eigenvalue weighted by molar-refractivity contribution is 6.37. The maximum absolute atomic E-state index is 11.2. The van der Waals surface area contributed by atoms with Crippen LogP contribution in [0.2, 0.25) is 10.0 Å². The number of halogens is 3. The van der Waals surface area contributed by atoms with Crippen LogP contribution in [0.3, 0.4) is 0 Å². The summed E-state index contributed by atoms with van der Waals surface area (Å²) in [5.74, 6) is 1.10. The van der Waals surface area contributed by atoms with Gasteiger partial charge in [-0.3, -0.25) is 4.79 Å². The zero-order valence-electron chi connectivity index (χ0n) is 21.2. The first-order valence-electron chi connectivity index (χ1n) is 11.6. The second-order valence-electron chi connectivity index (χ2n) is 9.41.